The molecule has 0 aliphatic carbocycles. The quantitative estimate of drug-likeness (QED) is 0.490. The summed E-state index contributed by atoms with van der Waals surface area (Å²) in [5, 5.41) is 6.04. The third-order valence-corrected chi connectivity index (χ3v) is 5.08. The van der Waals surface area contributed by atoms with Gasteiger partial charge in [-0.2, -0.15) is 0 Å². The number of anilines is 1. The number of carbonyl (C=O) groups excluding carboxylic acids is 1. The van der Waals surface area contributed by atoms with Gasteiger partial charge >= 0.3 is 0 Å². The second-order valence-corrected chi connectivity index (χ2v) is 6.97. The van der Waals surface area contributed by atoms with Crippen molar-refractivity contribution in [2.75, 3.05) is 26.6 Å². The number of rotatable bonds is 6. The van der Waals surface area contributed by atoms with Crippen LogP contribution in [0, 0.1) is 0 Å². The summed E-state index contributed by atoms with van der Waals surface area (Å²) in [6, 6.07) is 12.5. The first-order valence-electron chi connectivity index (χ1n) is 8.67. The Hall–Kier alpha value is -3.52. The van der Waals surface area contributed by atoms with Crippen LogP contribution in [-0.2, 0) is 0 Å². The van der Waals surface area contributed by atoms with Gasteiger partial charge in [0.05, 0.1) is 21.3 Å². The van der Waals surface area contributed by atoms with Gasteiger partial charge in [-0.3, -0.25) is 10.1 Å². The summed E-state index contributed by atoms with van der Waals surface area (Å²) in [5.74, 6) is 2.10. The van der Waals surface area contributed by atoms with Gasteiger partial charge in [0.15, 0.2) is 10.9 Å². The first kappa shape index (κ1) is 18.8. The van der Waals surface area contributed by atoms with E-state index in [1.807, 2.05) is 29.6 Å². The molecule has 0 radical (unpaired) electrons. The van der Waals surface area contributed by atoms with Gasteiger partial charge in [0.1, 0.15) is 28.5 Å². The number of thiazole rings is 1. The van der Waals surface area contributed by atoms with Crippen LogP contribution >= 0.6 is 11.3 Å². The van der Waals surface area contributed by atoms with Crippen LogP contribution in [0.25, 0.3) is 22.4 Å². The van der Waals surface area contributed by atoms with E-state index in [4.69, 9.17) is 18.6 Å². The van der Waals surface area contributed by atoms with E-state index in [2.05, 4.69) is 10.3 Å². The van der Waals surface area contributed by atoms with E-state index in [0.717, 1.165) is 11.1 Å². The molecule has 0 saturated heterocycles. The fraction of sp³-hybridized carbons (Fsp3) is 0.143. The number of hydrogen-bond acceptors (Lipinski definition) is 7. The van der Waals surface area contributed by atoms with E-state index in [0.29, 0.717) is 39.2 Å². The van der Waals surface area contributed by atoms with Gasteiger partial charge in [-0.15, -0.1) is 11.3 Å². The summed E-state index contributed by atoms with van der Waals surface area (Å²) in [6.07, 6.45) is 0. The van der Waals surface area contributed by atoms with Crippen molar-refractivity contribution in [3.8, 4) is 28.7 Å². The van der Waals surface area contributed by atoms with Crippen LogP contribution in [-0.4, -0.2) is 32.2 Å². The second-order valence-electron chi connectivity index (χ2n) is 6.11. The maximum Gasteiger partial charge on any atom is 0.257 e. The number of furan rings is 1. The normalized spacial score (nSPS) is 10.7. The highest BCUT2D eigenvalue weighted by Crippen LogP contribution is 2.32. The first-order valence-corrected chi connectivity index (χ1v) is 9.55. The molecule has 0 spiro atoms. The molecule has 8 heteroatoms. The Morgan fingerprint density at radius 1 is 0.966 bits per heavy atom. The fourth-order valence-corrected chi connectivity index (χ4v) is 3.51. The summed E-state index contributed by atoms with van der Waals surface area (Å²) in [6.45, 7) is 0. The molecule has 1 N–H and O–H groups in total. The summed E-state index contributed by atoms with van der Waals surface area (Å²) < 4.78 is 21.5. The van der Waals surface area contributed by atoms with E-state index in [-0.39, 0.29) is 5.91 Å². The lowest BCUT2D eigenvalue weighted by Crippen LogP contribution is -2.12. The molecule has 0 bridgehead atoms. The highest BCUT2D eigenvalue weighted by molar-refractivity contribution is 7.14. The van der Waals surface area contributed by atoms with Crippen LogP contribution in [0.5, 0.6) is 17.2 Å². The molecule has 7 nitrogen and oxygen atoms in total. The molecule has 4 rings (SSSR count). The molecule has 0 aliphatic heterocycles. The summed E-state index contributed by atoms with van der Waals surface area (Å²) >= 11 is 1.31. The van der Waals surface area contributed by atoms with Gasteiger partial charge in [-0.1, -0.05) is 0 Å². The van der Waals surface area contributed by atoms with Crippen LogP contribution in [0.4, 0.5) is 5.13 Å². The maximum absolute atomic E-state index is 12.6. The monoisotopic (exact) mass is 410 g/mol. The number of hydrogen-bond donors (Lipinski definition) is 1. The Morgan fingerprint density at radius 2 is 1.69 bits per heavy atom. The lowest BCUT2D eigenvalue weighted by molar-refractivity contribution is 0.102. The molecule has 2 aromatic carbocycles. The number of amides is 1. The van der Waals surface area contributed by atoms with Crippen molar-refractivity contribution in [3.63, 3.8) is 0 Å². The van der Waals surface area contributed by atoms with Crippen molar-refractivity contribution in [1.29, 1.82) is 0 Å². The van der Waals surface area contributed by atoms with E-state index in [1.165, 1.54) is 25.6 Å². The van der Waals surface area contributed by atoms with Gasteiger partial charge in [-0.25, -0.2) is 4.98 Å². The zero-order valence-electron chi connectivity index (χ0n) is 16.0. The Balaban J connectivity index is 1.56. The largest absolute Gasteiger partial charge is 0.497 e. The summed E-state index contributed by atoms with van der Waals surface area (Å²) in [5.41, 5.74) is 1.76. The van der Waals surface area contributed by atoms with E-state index >= 15 is 0 Å². The van der Waals surface area contributed by atoms with Gasteiger partial charge in [0.25, 0.3) is 5.91 Å². The molecule has 1 amide bonds. The molecule has 4 aromatic rings. The summed E-state index contributed by atoms with van der Waals surface area (Å²) in [4.78, 5) is 17.1. The SMILES string of the molecule is COc1cc(OC)cc(C(=O)Nc2nc(-c3cc4ccc(OC)cc4o3)cs2)c1. The molecular formula is C21H18N2O5S. The number of carbonyl (C=O) groups is 1. The van der Waals surface area contributed by atoms with Crippen molar-refractivity contribution in [2.45, 2.75) is 0 Å². The van der Waals surface area contributed by atoms with Crippen molar-refractivity contribution in [1.82, 2.24) is 4.98 Å². The third kappa shape index (κ3) is 3.88. The molecule has 29 heavy (non-hydrogen) atoms. The number of fused-ring (bicyclic) bond motifs is 1. The van der Waals surface area contributed by atoms with Gasteiger partial charge < -0.3 is 18.6 Å². The minimum Gasteiger partial charge on any atom is -0.497 e. The number of ether oxygens (including phenoxy) is 3. The predicted molar refractivity (Wildman–Crippen MR) is 111 cm³/mol. The Labute approximate surface area is 170 Å². The molecule has 0 atom stereocenters. The zero-order chi connectivity index (χ0) is 20.4. The Morgan fingerprint density at radius 3 is 2.38 bits per heavy atom. The zero-order valence-corrected chi connectivity index (χ0v) is 16.8. The smallest absolute Gasteiger partial charge is 0.257 e. The molecule has 0 fully saturated rings. The van der Waals surface area contributed by atoms with Crippen LogP contribution in [0.1, 0.15) is 10.4 Å². The molecule has 148 valence electrons. The number of methoxy groups -OCH3 is 3. The Kier molecular flexibility index (Phi) is 5.09. The lowest BCUT2D eigenvalue weighted by Gasteiger charge is -2.08. The minimum absolute atomic E-state index is 0.308. The maximum atomic E-state index is 12.6. The van der Waals surface area contributed by atoms with Crippen LogP contribution in [0.15, 0.2) is 52.3 Å². The van der Waals surface area contributed by atoms with Crippen molar-refractivity contribution >= 4 is 33.3 Å². The number of nitrogens with zero attached hydrogens (tertiary/aromatic N) is 1. The highest BCUT2D eigenvalue weighted by Gasteiger charge is 2.15. The van der Waals surface area contributed by atoms with Crippen molar-refractivity contribution in [3.05, 3.63) is 53.4 Å². The average molecular weight is 410 g/mol. The van der Waals surface area contributed by atoms with E-state index < -0.39 is 0 Å². The minimum atomic E-state index is -0.308. The van der Waals surface area contributed by atoms with Gasteiger partial charge in [-0.05, 0) is 30.3 Å². The third-order valence-electron chi connectivity index (χ3n) is 4.32. The van der Waals surface area contributed by atoms with Crippen molar-refractivity contribution in [2.24, 2.45) is 0 Å². The average Bonchev–Trinajstić information content (AvgIpc) is 3.39. The van der Waals surface area contributed by atoms with Crippen LogP contribution < -0.4 is 19.5 Å². The van der Waals surface area contributed by atoms with E-state index in [9.17, 15) is 4.79 Å². The molecule has 0 unspecified atom stereocenters. The van der Waals surface area contributed by atoms with Gasteiger partial charge in [0.2, 0.25) is 0 Å². The van der Waals surface area contributed by atoms with Crippen molar-refractivity contribution < 1.29 is 23.4 Å². The van der Waals surface area contributed by atoms with Gasteiger partial charge in [0, 0.05) is 28.5 Å². The second kappa shape index (κ2) is 7.84. The van der Waals surface area contributed by atoms with E-state index in [1.54, 1.807) is 25.3 Å². The van der Waals surface area contributed by atoms with Crippen LogP contribution in [0.2, 0.25) is 0 Å². The molecule has 0 aliphatic rings. The predicted octanol–water partition coefficient (Wildman–Crippen LogP) is 4.83. The fourth-order valence-electron chi connectivity index (χ4n) is 2.82. The molecule has 2 aromatic heterocycles. The molecular weight excluding hydrogens is 392 g/mol. The topological polar surface area (TPSA) is 82.8 Å². The first-order chi connectivity index (χ1) is 14.1. The summed E-state index contributed by atoms with van der Waals surface area (Å²) in [7, 11) is 4.68. The number of aromatic nitrogens is 1. The number of benzene rings is 2. The Bertz CT molecular complexity index is 1160. The highest BCUT2D eigenvalue weighted by atomic mass is 32.1. The lowest BCUT2D eigenvalue weighted by atomic mass is 10.2. The standard InChI is InChI=1S/C21H18N2O5S/c1-25-14-5-4-12-8-19(28-18(12)10-14)17-11-29-21(22-17)23-20(24)13-6-15(26-2)9-16(7-13)27-3/h4-11H,1-3H3,(H,22,23,24). The number of nitrogens with one attached hydrogen (secondary N) is 1. The van der Waals surface area contributed by atoms with Crippen LogP contribution in [0.3, 0.4) is 0 Å². The molecule has 0 saturated carbocycles. The molecule has 2 heterocycles.